The van der Waals surface area contributed by atoms with E-state index in [1.54, 1.807) is 0 Å². The lowest BCUT2D eigenvalue weighted by molar-refractivity contribution is -0.670. The fourth-order valence-electron chi connectivity index (χ4n) is 6.63. The number of aryl methyl sites for hydroxylation is 1. The molecule has 7 rings (SSSR count). The Morgan fingerprint density at radius 1 is 0.720 bits per heavy atom. The van der Waals surface area contributed by atoms with Gasteiger partial charge in [-0.25, -0.2) is 4.57 Å². The van der Waals surface area contributed by atoms with Gasteiger partial charge >= 0.3 is 0 Å². The van der Waals surface area contributed by atoms with Crippen LogP contribution in [-0.2, 0) is 6.54 Å². The molecule has 0 radical (unpaired) electrons. The second-order valence-electron chi connectivity index (χ2n) is 11.7. The van der Waals surface area contributed by atoms with E-state index in [-0.39, 0.29) is 24.0 Å². The molecule has 6 nitrogen and oxygen atoms in total. The summed E-state index contributed by atoms with van der Waals surface area (Å²) in [7, 11) is 0. The Morgan fingerprint density at radius 2 is 1.34 bits per heavy atom. The number of hydrogen-bond donors (Lipinski definition) is 0. The van der Waals surface area contributed by atoms with E-state index in [1.807, 2.05) is 78.9 Å². The molecule has 0 spiro atoms. The van der Waals surface area contributed by atoms with Crippen molar-refractivity contribution in [1.29, 1.82) is 10.5 Å². The minimum atomic E-state index is 0. The summed E-state index contributed by atoms with van der Waals surface area (Å²) in [4.78, 5) is 4.52. The van der Waals surface area contributed by atoms with Crippen molar-refractivity contribution >= 4 is 39.7 Å². The number of aromatic nitrogens is 2. The molecule has 244 valence electrons. The van der Waals surface area contributed by atoms with Crippen LogP contribution >= 0.6 is 0 Å². The van der Waals surface area contributed by atoms with E-state index in [2.05, 4.69) is 118 Å². The van der Waals surface area contributed by atoms with Crippen LogP contribution in [0.3, 0.4) is 0 Å². The molecule has 2 heterocycles. The number of nitrogens with zero attached hydrogens (tertiary/aromatic N) is 6. The summed E-state index contributed by atoms with van der Waals surface area (Å²) >= 11 is 0. The lowest BCUT2D eigenvalue weighted by Gasteiger charge is -2.24. The number of imidazole rings is 1. The first-order chi connectivity index (χ1) is 24.1. The van der Waals surface area contributed by atoms with Crippen LogP contribution in [0, 0.1) is 22.7 Å². The smallest absolute Gasteiger partial charge is 0.287 e. The van der Waals surface area contributed by atoms with Crippen molar-refractivity contribution in [2.45, 2.75) is 20.4 Å². The Morgan fingerprint density at radius 3 is 1.98 bits per heavy atom. The fraction of sp³-hybridized carbons (Fsp3) is 0.0930. The molecule has 0 atom stereocenters. The first-order valence-corrected chi connectivity index (χ1v) is 16.5. The normalized spacial score (nSPS) is 13.4. The summed E-state index contributed by atoms with van der Waals surface area (Å²) in [6, 6.07) is 47.5. The van der Waals surface area contributed by atoms with Crippen molar-refractivity contribution in [3.05, 3.63) is 174 Å². The maximum atomic E-state index is 9.70. The molecule has 5 aromatic carbocycles. The quantitative estimate of drug-likeness (QED) is 0.104. The summed E-state index contributed by atoms with van der Waals surface area (Å²) < 4.78 is 4.52. The van der Waals surface area contributed by atoms with Gasteiger partial charge in [-0.05, 0) is 91.7 Å². The monoisotopic (exact) mass is 762 g/mol. The number of rotatable bonds is 8. The molecule has 7 heteroatoms. The van der Waals surface area contributed by atoms with Crippen molar-refractivity contribution in [3.8, 4) is 17.8 Å². The maximum Gasteiger partial charge on any atom is 0.287 e. The highest BCUT2D eigenvalue weighted by Gasteiger charge is 2.31. The molecule has 50 heavy (non-hydrogen) atoms. The number of hydrogen-bond acceptors (Lipinski definition) is 4. The van der Waals surface area contributed by atoms with Gasteiger partial charge < -0.3 is 28.9 Å². The Balaban J connectivity index is 0.00000432. The van der Waals surface area contributed by atoms with Crippen LogP contribution in [0.4, 0.5) is 17.1 Å². The van der Waals surface area contributed by atoms with E-state index >= 15 is 0 Å². The van der Waals surface area contributed by atoms with Gasteiger partial charge in [-0.2, -0.15) is 15.1 Å². The lowest BCUT2D eigenvalue weighted by Crippen LogP contribution is -3.00. The van der Waals surface area contributed by atoms with Crippen molar-refractivity contribution in [3.63, 3.8) is 0 Å². The second-order valence-corrected chi connectivity index (χ2v) is 11.7. The molecule has 0 aliphatic carbocycles. The Bertz CT molecular complexity index is 2320. The minimum Gasteiger partial charge on any atom is -1.00 e. The van der Waals surface area contributed by atoms with Gasteiger partial charge in [0.05, 0.1) is 41.2 Å². The van der Waals surface area contributed by atoms with Crippen LogP contribution in [0.2, 0.25) is 0 Å². The number of allylic oxidation sites excluding steroid dienone is 4. The van der Waals surface area contributed by atoms with Crippen LogP contribution < -0.4 is 38.3 Å². The molecule has 0 N–H and O–H groups in total. The van der Waals surface area contributed by atoms with E-state index in [0.29, 0.717) is 11.1 Å². The molecule has 0 saturated heterocycles. The number of anilines is 3. The molecule has 0 fully saturated rings. The molecule has 6 aromatic rings. The van der Waals surface area contributed by atoms with Crippen LogP contribution in [0.1, 0.15) is 36.4 Å². The van der Waals surface area contributed by atoms with Gasteiger partial charge in [-0.3, -0.25) is 4.90 Å². The minimum absolute atomic E-state index is 0. The SMILES string of the molecule is CCN1\C(=C/C=C(/C=C/c2n(-c3ccccc3)c3ccc(C#N)cc3[n+]2CC)c2ccccc2)N(c2ccccc2)c2ccc(C#N)cc21.[I-]. The van der Waals surface area contributed by atoms with Gasteiger partial charge in [0.25, 0.3) is 5.82 Å². The molecule has 0 unspecified atom stereocenters. The Labute approximate surface area is 310 Å². The second kappa shape index (κ2) is 15.1. The maximum absolute atomic E-state index is 9.70. The van der Waals surface area contributed by atoms with Gasteiger partial charge in [-0.15, -0.1) is 0 Å². The third-order valence-electron chi connectivity index (χ3n) is 8.88. The topological polar surface area (TPSA) is 62.9 Å². The van der Waals surface area contributed by atoms with E-state index in [9.17, 15) is 10.5 Å². The zero-order chi connectivity index (χ0) is 33.7. The van der Waals surface area contributed by atoms with E-state index in [1.165, 1.54) is 0 Å². The van der Waals surface area contributed by atoms with Crippen LogP contribution in [0.25, 0.3) is 28.4 Å². The number of halogens is 1. The van der Waals surface area contributed by atoms with Crippen molar-refractivity contribution < 1.29 is 28.5 Å². The number of para-hydroxylation sites is 2. The molecular formula is C43H35IN6. The summed E-state index contributed by atoms with van der Waals surface area (Å²) in [5.74, 6) is 2.01. The van der Waals surface area contributed by atoms with Crippen molar-refractivity contribution in [1.82, 2.24) is 4.57 Å². The van der Waals surface area contributed by atoms with Gasteiger partial charge in [0, 0.05) is 24.4 Å². The standard InChI is InChI=1S/C43H35N6.HI/c1-3-46-40-28-32(30-44)20-24-38(40)48(36-16-10-6-11-17-36)42(46)26-22-35(34-14-8-5-9-15-34)23-27-43-47(4-2)41-29-33(31-45)21-25-39(41)49(43)37-18-12-7-13-19-37;/h5-29H,3-4H2,1-2H3;1H/q+1;/p-1. The zero-order valence-corrected chi connectivity index (χ0v) is 30.1. The molecule has 1 aliphatic rings. The third-order valence-corrected chi connectivity index (χ3v) is 8.88. The first kappa shape index (κ1) is 34.0. The van der Waals surface area contributed by atoms with Crippen molar-refractivity contribution in [2.75, 3.05) is 16.3 Å². The van der Waals surface area contributed by atoms with Crippen LogP contribution in [-0.4, -0.2) is 11.1 Å². The van der Waals surface area contributed by atoms with E-state index < -0.39 is 0 Å². The number of benzene rings is 5. The highest BCUT2D eigenvalue weighted by atomic mass is 127. The molecule has 0 saturated carbocycles. The average molecular weight is 763 g/mol. The zero-order valence-electron chi connectivity index (χ0n) is 27.9. The molecule has 0 bridgehead atoms. The number of nitriles is 2. The molecule has 0 amide bonds. The van der Waals surface area contributed by atoms with Gasteiger partial charge in [-0.1, -0.05) is 72.8 Å². The summed E-state index contributed by atoms with van der Waals surface area (Å²) in [5, 5.41) is 19.4. The highest BCUT2D eigenvalue weighted by Crippen LogP contribution is 2.46. The predicted octanol–water partition coefficient (Wildman–Crippen LogP) is 6.30. The van der Waals surface area contributed by atoms with Gasteiger partial charge in [0.15, 0.2) is 11.0 Å². The summed E-state index contributed by atoms with van der Waals surface area (Å²) in [6.07, 6.45) is 8.71. The molecule has 1 aromatic heterocycles. The summed E-state index contributed by atoms with van der Waals surface area (Å²) in [5.41, 5.74) is 9.59. The van der Waals surface area contributed by atoms with Crippen molar-refractivity contribution in [2.24, 2.45) is 0 Å². The lowest BCUT2D eigenvalue weighted by atomic mass is 10.0. The Kier molecular flexibility index (Phi) is 10.3. The predicted molar refractivity (Wildman–Crippen MR) is 198 cm³/mol. The highest BCUT2D eigenvalue weighted by molar-refractivity contribution is 5.90. The average Bonchev–Trinajstić information content (AvgIpc) is 3.66. The summed E-state index contributed by atoms with van der Waals surface area (Å²) in [6.45, 7) is 5.74. The molecular weight excluding hydrogens is 727 g/mol. The largest absolute Gasteiger partial charge is 1.00 e. The fourth-order valence-corrected chi connectivity index (χ4v) is 6.63. The third kappa shape index (κ3) is 6.32. The van der Waals surface area contributed by atoms with Gasteiger partial charge in [0.1, 0.15) is 11.5 Å². The van der Waals surface area contributed by atoms with Crippen LogP contribution in [0.5, 0.6) is 0 Å². The molecule has 1 aliphatic heterocycles. The van der Waals surface area contributed by atoms with E-state index in [4.69, 9.17) is 0 Å². The Hall–Kier alpha value is -5.90. The van der Waals surface area contributed by atoms with Crippen LogP contribution in [0.15, 0.2) is 151 Å². The van der Waals surface area contributed by atoms with E-state index in [0.717, 1.165) is 69.7 Å². The first-order valence-electron chi connectivity index (χ1n) is 16.5. The van der Waals surface area contributed by atoms with Gasteiger partial charge in [0.2, 0.25) is 0 Å². The number of fused-ring (bicyclic) bond motifs is 2.